The highest BCUT2D eigenvalue weighted by Gasteiger charge is 2.11. The first-order chi connectivity index (χ1) is 10.1. The van der Waals surface area contributed by atoms with Gasteiger partial charge in [0.2, 0.25) is 0 Å². The number of quaternary nitrogens is 1. The minimum atomic E-state index is 0. The maximum atomic E-state index is 2.38. The maximum Gasteiger partial charge on any atom is 0.0782 e. The van der Waals surface area contributed by atoms with Crippen LogP contribution in [0, 0.1) is 0 Å². The van der Waals surface area contributed by atoms with Crippen LogP contribution in [0.25, 0.3) is 0 Å². The van der Waals surface area contributed by atoms with Crippen LogP contribution < -0.4 is 12.4 Å². The van der Waals surface area contributed by atoms with E-state index in [0.29, 0.717) is 0 Å². The van der Waals surface area contributed by atoms with Crippen molar-refractivity contribution < 1.29 is 16.9 Å². The second-order valence-corrected chi connectivity index (χ2v) is 7.63. The first kappa shape index (κ1) is 24.5. The number of hydrogen-bond acceptors (Lipinski definition) is 0. The van der Waals surface area contributed by atoms with Gasteiger partial charge in [-0.3, -0.25) is 0 Å². The van der Waals surface area contributed by atoms with E-state index in [9.17, 15) is 0 Å². The van der Waals surface area contributed by atoms with Gasteiger partial charge in [0, 0.05) is 0 Å². The van der Waals surface area contributed by atoms with Gasteiger partial charge in [0.05, 0.1) is 27.2 Å². The fourth-order valence-corrected chi connectivity index (χ4v) is 3.27. The monoisotopic (exact) mass is 333 g/mol. The number of hydrogen-bond donors (Lipinski definition) is 0. The smallest absolute Gasteiger partial charge is 0.0782 e. The van der Waals surface area contributed by atoms with Crippen molar-refractivity contribution in [1.82, 2.24) is 0 Å². The first-order valence-corrected chi connectivity index (χ1v) is 9.94. The number of unbranched alkanes of at least 4 members (excludes halogenated alkanes) is 12. The Hall–Kier alpha value is 0.250. The Balaban J connectivity index is 0. The highest BCUT2D eigenvalue weighted by atomic mass is 35.5. The van der Waals surface area contributed by atoms with E-state index >= 15 is 0 Å². The third kappa shape index (κ3) is 18.3. The molecule has 0 saturated carbocycles. The molecule has 0 aliphatic rings. The second kappa shape index (κ2) is 17.6. The van der Waals surface area contributed by atoms with Gasteiger partial charge < -0.3 is 16.9 Å². The lowest BCUT2D eigenvalue weighted by Crippen LogP contribution is -3.00. The van der Waals surface area contributed by atoms with Crippen LogP contribution in [0.5, 0.6) is 0 Å². The van der Waals surface area contributed by atoms with Crippen molar-refractivity contribution in [1.29, 1.82) is 0 Å². The minimum Gasteiger partial charge on any atom is -1.00 e. The van der Waals surface area contributed by atoms with Crippen molar-refractivity contribution in [2.24, 2.45) is 0 Å². The topological polar surface area (TPSA) is 0 Å². The average molecular weight is 334 g/mol. The predicted molar refractivity (Wildman–Crippen MR) is 97.8 cm³/mol. The van der Waals surface area contributed by atoms with Gasteiger partial charge in [0.1, 0.15) is 0 Å². The normalized spacial score (nSPS) is 11.5. The zero-order chi connectivity index (χ0) is 15.8. The van der Waals surface area contributed by atoms with Gasteiger partial charge in [-0.05, 0) is 19.3 Å². The molecule has 0 aromatic heterocycles. The van der Waals surface area contributed by atoms with E-state index in [4.69, 9.17) is 0 Å². The quantitative estimate of drug-likeness (QED) is 0.299. The molecule has 0 radical (unpaired) electrons. The fourth-order valence-electron chi connectivity index (χ4n) is 3.27. The first-order valence-electron chi connectivity index (χ1n) is 9.94. The Kier molecular flexibility index (Phi) is 19.6. The van der Waals surface area contributed by atoms with Crippen molar-refractivity contribution in [3.63, 3.8) is 0 Å². The van der Waals surface area contributed by atoms with Gasteiger partial charge in [-0.2, -0.15) is 0 Å². The zero-order valence-electron chi connectivity index (χ0n) is 16.1. The molecule has 1 nitrogen and oxygen atoms in total. The van der Waals surface area contributed by atoms with Crippen LogP contribution in [0.2, 0.25) is 0 Å². The molecule has 2 heteroatoms. The summed E-state index contributed by atoms with van der Waals surface area (Å²) in [6.45, 7) is 7.29. The molecule has 0 atom stereocenters. The van der Waals surface area contributed by atoms with Gasteiger partial charge in [-0.15, -0.1) is 0 Å². The summed E-state index contributed by atoms with van der Waals surface area (Å²) in [5, 5.41) is 0. The predicted octanol–water partition coefficient (Wildman–Crippen LogP) is 3.57. The molecule has 0 amide bonds. The van der Waals surface area contributed by atoms with Crippen LogP contribution in [0.1, 0.15) is 104 Å². The molecule has 0 bridgehead atoms. The van der Waals surface area contributed by atoms with E-state index in [1.54, 1.807) is 0 Å². The van der Waals surface area contributed by atoms with Crippen molar-refractivity contribution in [2.75, 3.05) is 27.2 Å². The molecule has 0 aliphatic carbocycles. The highest BCUT2D eigenvalue weighted by molar-refractivity contribution is 4.49. The Morgan fingerprint density at radius 2 is 0.818 bits per heavy atom. The summed E-state index contributed by atoms with van der Waals surface area (Å²) in [5.41, 5.74) is 0. The van der Waals surface area contributed by atoms with Crippen LogP contribution in [-0.2, 0) is 0 Å². The maximum absolute atomic E-state index is 2.38. The number of rotatable bonds is 16. The Morgan fingerprint density at radius 3 is 1.18 bits per heavy atom. The largest absolute Gasteiger partial charge is 1.00 e. The van der Waals surface area contributed by atoms with Crippen molar-refractivity contribution in [3.8, 4) is 0 Å². The third-order valence-electron chi connectivity index (χ3n) is 4.70. The Morgan fingerprint density at radius 1 is 0.455 bits per heavy atom. The summed E-state index contributed by atoms with van der Waals surface area (Å²) >= 11 is 0. The highest BCUT2D eigenvalue weighted by Crippen LogP contribution is 2.13. The number of halogens is 1. The lowest BCUT2D eigenvalue weighted by Gasteiger charge is -2.29. The molecule has 0 aliphatic heterocycles. The Bertz CT molecular complexity index is 204. The molecule has 22 heavy (non-hydrogen) atoms. The summed E-state index contributed by atoms with van der Waals surface area (Å²) in [7, 11) is 4.76. The van der Waals surface area contributed by atoms with Gasteiger partial charge in [-0.25, -0.2) is 0 Å². The van der Waals surface area contributed by atoms with E-state index in [1.807, 2.05) is 0 Å². The van der Waals surface area contributed by atoms with Crippen LogP contribution in [0.3, 0.4) is 0 Å². The van der Waals surface area contributed by atoms with Crippen LogP contribution in [0.15, 0.2) is 0 Å². The van der Waals surface area contributed by atoms with Gasteiger partial charge in [-0.1, -0.05) is 84.5 Å². The summed E-state index contributed by atoms with van der Waals surface area (Å²) in [6.07, 6.45) is 20.2. The molecule has 0 spiro atoms. The van der Waals surface area contributed by atoms with Crippen LogP contribution in [0.4, 0.5) is 0 Å². The van der Waals surface area contributed by atoms with Crippen molar-refractivity contribution in [2.45, 2.75) is 104 Å². The fraction of sp³-hybridized carbons (Fsp3) is 1.00. The summed E-state index contributed by atoms with van der Waals surface area (Å²) in [6, 6.07) is 0. The molecular formula is C20H44ClN. The summed E-state index contributed by atoms with van der Waals surface area (Å²) in [4.78, 5) is 0. The SMILES string of the molecule is CCCCCCCCCCCCCCC[N+](C)(C)CCC.[Cl-]. The molecule has 0 aromatic rings. The molecule has 0 unspecified atom stereocenters. The minimum absolute atomic E-state index is 0. The molecule has 0 aromatic carbocycles. The van der Waals surface area contributed by atoms with Gasteiger partial charge in [0.25, 0.3) is 0 Å². The summed E-state index contributed by atoms with van der Waals surface area (Å²) < 4.78 is 1.22. The molecule has 136 valence electrons. The molecule has 0 fully saturated rings. The molecule has 0 N–H and O–H groups in total. The van der Waals surface area contributed by atoms with E-state index in [-0.39, 0.29) is 12.4 Å². The van der Waals surface area contributed by atoms with E-state index in [0.717, 1.165) is 0 Å². The molecule has 0 heterocycles. The molecule has 0 rings (SSSR count). The zero-order valence-corrected chi connectivity index (χ0v) is 16.9. The second-order valence-electron chi connectivity index (χ2n) is 7.63. The summed E-state index contributed by atoms with van der Waals surface area (Å²) in [5.74, 6) is 0. The molecule has 0 saturated heterocycles. The lowest BCUT2D eigenvalue weighted by molar-refractivity contribution is -0.890. The van der Waals surface area contributed by atoms with E-state index < -0.39 is 0 Å². The molecular weight excluding hydrogens is 290 g/mol. The number of nitrogens with zero attached hydrogens (tertiary/aromatic N) is 1. The van der Waals surface area contributed by atoms with Gasteiger partial charge >= 0.3 is 0 Å². The lowest BCUT2D eigenvalue weighted by atomic mass is 10.0. The average Bonchev–Trinajstić information content (AvgIpc) is 2.44. The van der Waals surface area contributed by atoms with E-state index in [2.05, 4.69) is 27.9 Å². The van der Waals surface area contributed by atoms with E-state index in [1.165, 1.54) is 107 Å². The Labute approximate surface area is 148 Å². The van der Waals surface area contributed by atoms with Crippen LogP contribution >= 0.6 is 0 Å². The van der Waals surface area contributed by atoms with Crippen LogP contribution in [-0.4, -0.2) is 31.7 Å². The van der Waals surface area contributed by atoms with Crippen molar-refractivity contribution >= 4 is 0 Å². The third-order valence-corrected chi connectivity index (χ3v) is 4.70. The standard InChI is InChI=1S/C20H44N.ClH/c1-5-7-8-9-10-11-12-13-14-15-16-17-18-20-21(3,4)19-6-2;/h5-20H2,1-4H3;1H/q+1;/p-1. The van der Waals surface area contributed by atoms with Gasteiger partial charge in [0.15, 0.2) is 0 Å². The van der Waals surface area contributed by atoms with Crippen molar-refractivity contribution in [3.05, 3.63) is 0 Å².